The number of rotatable bonds is 4. The van der Waals surface area contributed by atoms with E-state index in [1.54, 1.807) is 6.07 Å². The van der Waals surface area contributed by atoms with Crippen molar-refractivity contribution in [3.05, 3.63) is 21.7 Å². The fourth-order valence-electron chi connectivity index (χ4n) is 1.90. The summed E-state index contributed by atoms with van der Waals surface area (Å²) in [6.07, 6.45) is 1.10. The number of hydrogen-bond donors (Lipinski definition) is 1. The molecule has 0 bridgehead atoms. The number of carbonyl (C=O) groups is 1. The Kier molecular flexibility index (Phi) is 3.69. The lowest BCUT2D eigenvalue weighted by Crippen LogP contribution is -2.10. The van der Waals surface area contributed by atoms with Gasteiger partial charge in [0.2, 0.25) is 6.79 Å². The molecule has 1 aliphatic heterocycles. The first-order chi connectivity index (χ1) is 8.19. The molecule has 17 heavy (non-hydrogen) atoms. The fourth-order valence-corrected chi connectivity index (χ4v) is 2.70. The monoisotopic (exact) mass is 299 g/mol. The molecule has 92 valence electrons. The van der Waals surface area contributed by atoms with E-state index in [9.17, 15) is 4.79 Å². The van der Waals surface area contributed by atoms with Crippen LogP contribution < -0.4 is 15.2 Å². The molecule has 1 aromatic rings. The van der Waals surface area contributed by atoms with Gasteiger partial charge >= 0.3 is 0 Å². The fraction of sp³-hybridized carbons (Fsp3) is 0.417. The van der Waals surface area contributed by atoms with Gasteiger partial charge in [-0.25, -0.2) is 0 Å². The number of nitrogens with two attached hydrogens (primary N) is 1. The Labute approximate surface area is 108 Å². The van der Waals surface area contributed by atoms with Crippen molar-refractivity contribution in [2.75, 3.05) is 13.3 Å². The summed E-state index contributed by atoms with van der Waals surface area (Å²) < 4.78 is 11.5. The van der Waals surface area contributed by atoms with Gasteiger partial charge < -0.3 is 15.2 Å². The summed E-state index contributed by atoms with van der Waals surface area (Å²) in [5.41, 5.74) is 7.05. The molecule has 1 aromatic carbocycles. The van der Waals surface area contributed by atoms with Crippen LogP contribution in [0.1, 0.15) is 29.3 Å². The van der Waals surface area contributed by atoms with Crippen LogP contribution in [0.15, 0.2) is 10.5 Å². The topological polar surface area (TPSA) is 61.6 Å². The average Bonchev–Trinajstić information content (AvgIpc) is 2.77. The number of Topliss-reactive ketones (excluding diaryl/α,β-unsaturated/α-hetero) is 1. The van der Waals surface area contributed by atoms with Gasteiger partial charge in [0.1, 0.15) is 0 Å². The maximum atomic E-state index is 12.0. The van der Waals surface area contributed by atoms with Crippen molar-refractivity contribution in [3.63, 3.8) is 0 Å². The van der Waals surface area contributed by atoms with Gasteiger partial charge in [0.25, 0.3) is 0 Å². The lowest BCUT2D eigenvalue weighted by molar-refractivity contribution is 0.0984. The number of ketones is 1. The molecule has 0 saturated carbocycles. The Balaban J connectivity index is 2.51. The number of halogens is 1. The van der Waals surface area contributed by atoms with Crippen LogP contribution in [-0.2, 0) is 6.42 Å². The molecule has 0 saturated heterocycles. The summed E-state index contributed by atoms with van der Waals surface area (Å²) in [4.78, 5) is 12.0. The molecule has 0 aromatic heterocycles. The predicted octanol–water partition coefficient (Wildman–Crippen LogP) is 2.27. The molecule has 4 nitrogen and oxygen atoms in total. The third-order valence-electron chi connectivity index (χ3n) is 2.73. The van der Waals surface area contributed by atoms with Crippen LogP contribution in [0.4, 0.5) is 0 Å². The molecular formula is C12H14BrNO3. The second kappa shape index (κ2) is 5.06. The van der Waals surface area contributed by atoms with E-state index in [1.807, 2.05) is 6.92 Å². The minimum atomic E-state index is 0.0448. The molecule has 0 spiro atoms. The van der Waals surface area contributed by atoms with Crippen molar-refractivity contribution in [1.82, 2.24) is 0 Å². The van der Waals surface area contributed by atoms with Crippen LogP contribution in [-0.4, -0.2) is 19.1 Å². The minimum absolute atomic E-state index is 0.0448. The van der Waals surface area contributed by atoms with Crippen molar-refractivity contribution in [2.45, 2.75) is 19.8 Å². The van der Waals surface area contributed by atoms with E-state index in [0.29, 0.717) is 30.0 Å². The van der Waals surface area contributed by atoms with E-state index in [-0.39, 0.29) is 12.6 Å². The van der Waals surface area contributed by atoms with Crippen LogP contribution in [0.2, 0.25) is 0 Å². The van der Waals surface area contributed by atoms with Crippen LogP contribution in [0.25, 0.3) is 0 Å². The van der Waals surface area contributed by atoms with Crippen LogP contribution in [0.5, 0.6) is 11.5 Å². The van der Waals surface area contributed by atoms with Crippen molar-refractivity contribution in [3.8, 4) is 11.5 Å². The lowest BCUT2D eigenvalue weighted by atomic mass is 9.99. The van der Waals surface area contributed by atoms with E-state index in [0.717, 1.165) is 16.5 Å². The largest absolute Gasteiger partial charge is 0.454 e. The first-order valence-corrected chi connectivity index (χ1v) is 6.32. The van der Waals surface area contributed by atoms with Gasteiger partial charge in [-0.15, -0.1) is 0 Å². The zero-order chi connectivity index (χ0) is 12.4. The molecule has 2 rings (SSSR count). The van der Waals surface area contributed by atoms with E-state index < -0.39 is 0 Å². The molecule has 0 radical (unpaired) electrons. The summed E-state index contributed by atoms with van der Waals surface area (Å²) in [7, 11) is 0. The molecular weight excluding hydrogens is 286 g/mol. The summed E-state index contributed by atoms with van der Waals surface area (Å²) in [6.45, 7) is 2.56. The third-order valence-corrected chi connectivity index (χ3v) is 3.57. The summed E-state index contributed by atoms with van der Waals surface area (Å²) in [6, 6.07) is 1.75. The third kappa shape index (κ3) is 2.17. The first kappa shape index (κ1) is 12.4. The highest BCUT2D eigenvalue weighted by Gasteiger charge is 2.24. The standard InChI is InChI=1S/C12H14BrNO3/c1-2-7-8(9(15)3-4-14)5-10-12(11(7)13)17-6-16-10/h5H,2-4,6,14H2,1H3. The lowest BCUT2D eigenvalue weighted by Gasteiger charge is -2.11. The van der Waals surface area contributed by atoms with E-state index in [4.69, 9.17) is 15.2 Å². The SMILES string of the molecule is CCc1c(C(=O)CCN)cc2c(c1Br)OCO2. The van der Waals surface area contributed by atoms with Gasteiger partial charge in [-0.2, -0.15) is 0 Å². The number of ether oxygens (including phenoxy) is 2. The normalized spacial score (nSPS) is 12.9. The van der Waals surface area contributed by atoms with Gasteiger partial charge in [0.15, 0.2) is 17.3 Å². The first-order valence-electron chi connectivity index (χ1n) is 5.53. The Morgan fingerprint density at radius 3 is 2.94 bits per heavy atom. The second-order valence-electron chi connectivity index (χ2n) is 3.77. The zero-order valence-corrected chi connectivity index (χ0v) is 11.2. The molecule has 2 N–H and O–H groups in total. The molecule has 0 unspecified atom stereocenters. The highest BCUT2D eigenvalue weighted by atomic mass is 79.9. The van der Waals surface area contributed by atoms with Crippen LogP contribution in [0.3, 0.4) is 0 Å². The molecule has 0 aliphatic carbocycles. The number of hydrogen-bond acceptors (Lipinski definition) is 4. The second-order valence-corrected chi connectivity index (χ2v) is 4.56. The molecule has 0 fully saturated rings. The van der Waals surface area contributed by atoms with Crippen molar-refractivity contribution in [2.24, 2.45) is 5.73 Å². The highest BCUT2D eigenvalue weighted by molar-refractivity contribution is 9.10. The quantitative estimate of drug-likeness (QED) is 0.867. The molecule has 5 heteroatoms. The average molecular weight is 300 g/mol. The number of benzene rings is 1. The molecule has 1 heterocycles. The minimum Gasteiger partial charge on any atom is -0.454 e. The highest BCUT2D eigenvalue weighted by Crippen LogP contribution is 2.43. The maximum absolute atomic E-state index is 12.0. The van der Waals surface area contributed by atoms with Gasteiger partial charge in [0, 0.05) is 12.0 Å². The van der Waals surface area contributed by atoms with E-state index in [2.05, 4.69) is 15.9 Å². The van der Waals surface area contributed by atoms with Crippen LogP contribution >= 0.6 is 15.9 Å². The summed E-state index contributed by atoms with van der Waals surface area (Å²) >= 11 is 3.47. The Morgan fingerprint density at radius 2 is 2.29 bits per heavy atom. The Bertz CT molecular complexity index is 460. The zero-order valence-electron chi connectivity index (χ0n) is 9.59. The smallest absolute Gasteiger partial charge is 0.231 e. The number of carbonyl (C=O) groups excluding carboxylic acids is 1. The maximum Gasteiger partial charge on any atom is 0.231 e. The van der Waals surface area contributed by atoms with Gasteiger partial charge in [0.05, 0.1) is 4.47 Å². The molecule has 0 atom stereocenters. The number of fused-ring (bicyclic) bond motifs is 1. The van der Waals surface area contributed by atoms with E-state index >= 15 is 0 Å². The summed E-state index contributed by atoms with van der Waals surface area (Å²) in [5.74, 6) is 1.35. The van der Waals surface area contributed by atoms with Crippen LogP contribution in [0, 0.1) is 0 Å². The van der Waals surface area contributed by atoms with Crippen molar-refractivity contribution in [1.29, 1.82) is 0 Å². The van der Waals surface area contributed by atoms with Crippen molar-refractivity contribution < 1.29 is 14.3 Å². The van der Waals surface area contributed by atoms with Gasteiger partial charge in [-0.05, 0) is 40.5 Å². The Hall–Kier alpha value is -1.07. The molecule has 1 aliphatic rings. The summed E-state index contributed by atoms with van der Waals surface area (Å²) in [5, 5.41) is 0. The van der Waals surface area contributed by atoms with Gasteiger partial charge in [-0.1, -0.05) is 6.92 Å². The van der Waals surface area contributed by atoms with Crippen molar-refractivity contribution >= 4 is 21.7 Å². The van der Waals surface area contributed by atoms with E-state index in [1.165, 1.54) is 0 Å². The predicted molar refractivity (Wildman–Crippen MR) is 67.6 cm³/mol. The Morgan fingerprint density at radius 1 is 1.53 bits per heavy atom. The van der Waals surface area contributed by atoms with Gasteiger partial charge in [-0.3, -0.25) is 4.79 Å². The molecule has 0 amide bonds.